The van der Waals surface area contributed by atoms with Crippen molar-refractivity contribution in [1.82, 2.24) is 25.3 Å². The van der Waals surface area contributed by atoms with Crippen LogP contribution in [0, 0.1) is 5.92 Å². The Bertz CT molecular complexity index is 667. The first-order valence-corrected chi connectivity index (χ1v) is 8.94. The summed E-state index contributed by atoms with van der Waals surface area (Å²) in [7, 11) is 0. The van der Waals surface area contributed by atoms with Crippen LogP contribution in [0.3, 0.4) is 0 Å². The largest absolute Gasteiger partial charge is 0.356 e. The summed E-state index contributed by atoms with van der Waals surface area (Å²) in [6, 6.07) is 5.53. The third-order valence-corrected chi connectivity index (χ3v) is 4.34. The van der Waals surface area contributed by atoms with Gasteiger partial charge in [0.2, 0.25) is 17.6 Å². The average Bonchev–Trinajstić information content (AvgIpc) is 3.31. The number of aromatic nitrogens is 3. The molecule has 0 bridgehead atoms. The molecule has 1 N–H and O–H groups in total. The van der Waals surface area contributed by atoms with Gasteiger partial charge in [0.25, 0.3) is 0 Å². The summed E-state index contributed by atoms with van der Waals surface area (Å²) in [6.45, 7) is 6.31. The first-order chi connectivity index (χ1) is 12.2. The molecule has 1 atom stereocenters. The molecule has 0 aromatic carbocycles. The zero-order chi connectivity index (χ0) is 17.5. The number of amides is 1. The first-order valence-electron chi connectivity index (χ1n) is 8.94. The van der Waals surface area contributed by atoms with Gasteiger partial charge in [-0.15, -0.1) is 0 Å². The summed E-state index contributed by atoms with van der Waals surface area (Å²) in [4.78, 5) is 22.9. The molecular formula is C18H25N5O2. The van der Waals surface area contributed by atoms with Gasteiger partial charge < -0.3 is 14.7 Å². The van der Waals surface area contributed by atoms with E-state index in [1.807, 2.05) is 18.2 Å². The summed E-state index contributed by atoms with van der Waals surface area (Å²) in [6.07, 6.45) is 5.06. The van der Waals surface area contributed by atoms with E-state index in [2.05, 4.69) is 32.3 Å². The molecule has 7 heteroatoms. The molecule has 0 aliphatic carbocycles. The molecule has 0 radical (unpaired) electrons. The van der Waals surface area contributed by atoms with E-state index in [9.17, 15) is 4.79 Å². The molecule has 7 nitrogen and oxygen atoms in total. The summed E-state index contributed by atoms with van der Waals surface area (Å²) in [5.74, 6) is 1.39. The smallest absolute Gasteiger partial charge is 0.227 e. The molecular weight excluding hydrogens is 318 g/mol. The van der Waals surface area contributed by atoms with Gasteiger partial charge in [-0.1, -0.05) is 18.1 Å². The van der Waals surface area contributed by atoms with Crippen LogP contribution in [-0.2, 0) is 11.2 Å². The fourth-order valence-electron chi connectivity index (χ4n) is 3.02. The van der Waals surface area contributed by atoms with Gasteiger partial charge >= 0.3 is 0 Å². The van der Waals surface area contributed by atoms with E-state index in [1.165, 1.54) is 25.9 Å². The van der Waals surface area contributed by atoms with Crippen molar-refractivity contribution in [3.05, 3.63) is 30.3 Å². The Balaban J connectivity index is 1.38. The lowest BCUT2D eigenvalue weighted by molar-refractivity contribution is -0.121. The van der Waals surface area contributed by atoms with Gasteiger partial charge in [0, 0.05) is 32.1 Å². The number of hydrogen-bond donors (Lipinski definition) is 1. The van der Waals surface area contributed by atoms with Crippen LogP contribution in [-0.4, -0.2) is 52.1 Å². The lowest BCUT2D eigenvalue weighted by Gasteiger charge is -2.20. The number of nitrogens with one attached hydrogen (secondary N) is 1. The number of carbonyl (C=O) groups excluding carboxylic acids is 1. The van der Waals surface area contributed by atoms with Crippen LogP contribution in [0.5, 0.6) is 0 Å². The lowest BCUT2D eigenvalue weighted by atomic mass is 10.1. The average molecular weight is 343 g/mol. The van der Waals surface area contributed by atoms with E-state index in [1.54, 1.807) is 6.20 Å². The van der Waals surface area contributed by atoms with Gasteiger partial charge in [-0.3, -0.25) is 9.78 Å². The molecule has 0 spiro atoms. The highest BCUT2D eigenvalue weighted by molar-refractivity contribution is 5.76. The summed E-state index contributed by atoms with van der Waals surface area (Å²) >= 11 is 0. The minimum atomic E-state index is 0.0193. The fourth-order valence-corrected chi connectivity index (χ4v) is 3.02. The van der Waals surface area contributed by atoms with Gasteiger partial charge in [-0.25, -0.2) is 0 Å². The van der Waals surface area contributed by atoms with Crippen LogP contribution in [0.4, 0.5) is 0 Å². The minimum absolute atomic E-state index is 0.0193. The van der Waals surface area contributed by atoms with Crippen molar-refractivity contribution in [2.75, 3.05) is 26.2 Å². The second-order valence-electron chi connectivity index (χ2n) is 6.64. The van der Waals surface area contributed by atoms with Crippen LogP contribution in [0.25, 0.3) is 11.5 Å². The molecule has 1 saturated heterocycles. The number of pyridine rings is 1. The minimum Gasteiger partial charge on any atom is -0.356 e. The predicted octanol–water partition coefficient (Wildman–Crippen LogP) is 1.91. The monoisotopic (exact) mass is 343 g/mol. The molecule has 134 valence electrons. The van der Waals surface area contributed by atoms with E-state index in [0.717, 1.165) is 6.54 Å². The lowest BCUT2D eigenvalue weighted by Crippen LogP contribution is -2.34. The Morgan fingerprint density at radius 3 is 2.96 bits per heavy atom. The van der Waals surface area contributed by atoms with Crippen LogP contribution in [0.15, 0.2) is 28.9 Å². The normalized spacial score (nSPS) is 16.0. The predicted molar refractivity (Wildman–Crippen MR) is 93.7 cm³/mol. The van der Waals surface area contributed by atoms with Gasteiger partial charge in [0.1, 0.15) is 5.69 Å². The number of carbonyl (C=O) groups is 1. The van der Waals surface area contributed by atoms with E-state index in [4.69, 9.17) is 4.52 Å². The third kappa shape index (κ3) is 5.35. The molecule has 2 aromatic rings. The molecule has 1 aliphatic rings. The maximum atomic E-state index is 12.0. The number of likely N-dealkylation sites (tertiary alicyclic amines) is 1. The van der Waals surface area contributed by atoms with Gasteiger partial charge in [-0.05, 0) is 44.0 Å². The highest BCUT2D eigenvalue weighted by atomic mass is 16.5. The van der Waals surface area contributed by atoms with Crippen LogP contribution >= 0.6 is 0 Å². The Morgan fingerprint density at radius 1 is 1.36 bits per heavy atom. The van der Waals surface area contributed by atoms with Crippen molar-refractivity contribution in [3.63, 3.8) is 0 Å². The molecule has 1 fully saturated rings. The summed E-state index contributed by atoms with van der Waals surface area (Å²) in [5.41, 5.74) is 0.665. The summed E-state index contributed by atoms with van der Waals surface area (Å²) < 4.78 is 5.20. The molecule has 25 heavy (non-hydrogen) atoms. The Kier molecular flexibility index (Phi) is 6.11. The quantitative estimate of drug-likeness (QED) is 0.788. The second-order valence-corrected chi connectivity index (χ2v) is 6.64. The van der Waals surface area contributed by atoms with E-state index in [-0.39, 0.29) is 5.91 Å². The van der Waals surface area contributed by atoms with Crippen molar-refractivity contribution >= 4 is 5.91 Å². The topological polar surface area (TPSA) is 84.2 Å². The third-order valence-electron chi connectivity index (χ3n) is 4.34. The van der Waals surface area contributed by atoms with Crippen molar-refractivity contribution in [2.24, 2.45) is 5.92 Å². The van der Waals surface area contributed by atoms with Gasteiger partial charge in [0.05, 0.1) is 0 Å². The highest BCUT2D eigenvalue weighted by Gasteiger charge is 2.15. The molecule has 1 amide bonds. The van der Waals surface area contributed by atoms with Crippen molar-refractivity contribution < 1.29 is 9.32 Å². The van der Waals surface area contributed by atoms with Crippen LogP contribution in [0.1, 0.15) is 32.1 Å². The van der Waals surface area contributed by atoms with Crippen LogP contribution in [0.2, 0.25) is 0 Å². The second kappa shape index (κ2) is 8.71. The molecule has 0 unspecified atom stereocenters. The SMILES string of the molecule is C[C@@H](CNC(=O)CCc1nc(-c2ccccn2)no1)CN1CCCC1. The van der Waals surface area contributed by atoms with Crippen molar-refractivity contribution in [2.45, 2.75) is 32.6 Å². The standard InChI is InChI=1S/C18H25N5O2/c1-14(13-23-10-4-5-11-23)12-20-16(24)7-8-17-21-18(22-25-17)15-6-2-3-9-19-15/h2-3,6,9,14H,4-5,7-8,10-13H2,1H3,(H,20,24)/t14-/m0/s1. The maximum Gasteiger partial charge on any atom is 0.227 e. The van der Waals surface area contributed by atoms with Crippen molar-refractivity contribution in [3.8, 4) is 11.5 Å². The van der Waals surface area contributed by atoms with E-state index >= 15 is 0 Å². The zero-order valence-corrected chi connectivity index (χ0v) is 14.6. The molecule has 0 saturated carbocycles. The van der Waals surface area contributed by atoms with E-state index in [0.29, 0.717) is 42.7 Å². The first kappa shape index (κ1) is 17.5. The van der Waals surface area contributed by atoms with Crippen LogP contribution < -0.4 is 5.32 Å². The number of nitrogens with zero attached hydrogens (tertiary/aromatic N) is 4. The zero-order valence-electron chi connectivity index (χ0n) is 14.6. The Labute approximate surface area is 147 Å². The number of rotatable bonds is 8. The molecule has 2 aromatic heterocycles. The van der Waals surface area contributed by atoms with E-state index < -0.39 is 0 Å². The highest BCUT2D eigenvalue weighted by Crippen LogP contribution is 2.13. The Morgan fingerprint density at radius 2 is 2.20 bits per heavy atom. The summed E-state index contributed by atoms with van der Waals surface area (Å²) in [5, 5.41) is 6.91. The van der Waals surface area contributed by atoms with Gasteiger partial charge in [0.15, 0.2) is 0 Å². The van der Waals surface area contributed by atoms with Crippen molar-refractivity contribution in [1.29, 1.82) is 0 Å². The molecule has 3 rings (SSSR count). The fraction of sp³-hybridized carbons (Fsp3) is 0.556. The molecule has 1 aliphatic heterocycles. The maximum absolute atomic E-state index is 12.0. The number of aryl methyl sites for hydroxylation is 1. The molecule has 3 heterocycles. The van der Waals surface area contributed by atoms with Gasteiger partial charge in [-0.2, -0.15) is 4.98 Å². The number of hydrogen-bond acceptors (Lipinski definition) is 6. The Hall–Kier alpha value is -2.28.